The number of rotatable bonds is 6. The molecule has 1 atom stereocenters. The van der Waals surface area contributed by atoms with Crippen molar-refractivity contribution in [3.8, 4) is 5.75 Å². The average Bonchev–Trinajstić information content (AvgIpc) is 3.08. The van der Waals surface area contributed by atoms with Crippen LogP contribution in [0, 0.1) is 5.92 Å². The minimum Gasteiger partial charge on any atom is -0.497 e. The molecule has 0 radical (unpaired) electrons. The number of thioether (sulfide) groups is 1. The molecule has 0 unspecified atom stereocenters. The van der Waals surface area contributed by atoms with Crippen LogP contribution in [0.15, 0.2) is 53.4 Å². The second-order valence-corrected chi connectivity index (χ2v) is 7.05. The van der Waals surface area contributed by atoms with Crippen LogP contribution in [0.3, 0.4) is 0 Å². The zero-order valence-electron chi connectivity index (χ0n) is 14.9. The summed E-state index contributed by atoms with van der Waals surface area (Å²) in [6.07, 6.45) is 2.27. The zero-order valence-corrected chi connectivity index (χ0v) is 15.7. The minimum absolute atomic E-state index is 0.0281. The monoisotopic (exact) mass is 370 g/mol. The van der Waals surface area contributed by atoms with E-state index in [9.17, 15) is 9.59 Å². The number of nitrogens with one attached hydrogen (secondary N) is 1. The molecule has 2 aromatic rings. The summed E-state index contributed by atoms with van der Waals surface area (Å²) in [6.45, 7) is 0.878. The summed E-state index contributed by atoms with van der Waals surface area (Å²) in [5.74, 6) is 0.306. The zero-order chi connectivity index (χ0) is 18.5. The first-order valence-electron chi connectivity index (χ1n) is 8.46. The molecule has 2 amide bonds. The number of benzene rings is 2. The van der Waals surface area contributed by atoms with Crippen molar-refractivity contribution in [3.63, 3.8) is 0 Å². The molecule has 26 heavy (non-hydrogen) atoms. The normalized spacial score (nSPS) is 16.6. The van der Waals surface area contributed by atoms with Gasteiger partial charge in [0.15, 0.2) is 0 Å². The number of amides is 2. The smallest absolute Gasteiger partial charge is 0.227 e. The van der Waals surface area contributed by atoms with Crippen LogP contribution >= 0.6 is 11.8 Å². The van der Waals surface area contributed by atoms with Gasteiger partial charge in [-0.3, -0.25) is 9.59 Å². The van der Waals surface area contributed by atoms with Gasteiger partial charge in [0.05, 0.1) is 13.0 Å². The molecule has 1 aliphatic heterocycles. The van der Waals surface area contributed by atoms with Gasteiger partial charge in [0.2, 0.25) is 11.8 Å². The maximum absolute atomic E-state index is 12.5. The van der Waals surface area contributed by atoms with Crippen molar-refractivity contribution >= 4 is 29.3 Å². The van der Waals surface area contributed by atoms with Crippen LogP contribution in [-0.2, 0) is 16.1 Å². The number of hydrogen-bond acceptors (Lipinski definition) is 4. The predicted octanol–water partition coefficient (Wildman–Crippen LogP) is 3.09. The van der Waals surface area contributed by atoms with Gasteiger partial charge in [-0.15, -0.1) is 11.8 Å². The summed E-state index contributed by atoms with van der Waals surface area (Å²) in [5.41, 5.74) is 1.84. The Morgan fingerprint density at radius 2 is 1.88 bits per heavy atom. The molecule has 6 heteroatoms. The summed E-state index contributed by atoms with van der Waals surface area (Å²) in [6, 6.07) is 15.4. The first kappa shape index (κ1) is 18.3. The average molecular weight is 370 g/mol. The highest BCUT2D eigenvalue weighted by atomic mass is 32.2. The largest absolute Gasteiger partial charge is 0.497 e. The SMILES string of the molecule is COc1ccc(N2C[C@@H](C(=O)NCc3ccc(SC)cc3)CC2=O)cc1. The molecule has 1 N–H and O–H groups in total. The van der Waals surface area contributed by atoms with E-state index in [0.717, 1.165) is 17.0 Å². The lowest BCUT2D eigenvalue weighted by Gasteiger charge is -2.17. The number of carbonyl (C=O) groups excluding carboxylic acids is 2. The number of anilines is 1. The lowest BCUT2D eigenvalue weighted by Crippen LogP contribution is -2.32. The van der Waals surface area contributed by atoms with E-state index in [2.05, 4.69) is 5.32 Å². The first-order valence-corrected chi connectivity index (χ1v) is 9.68. The van der Waals surface area contributed by atoms with Crippen LogP contribution in [0.4, 0.5) is 5.69 Å². The summed E-state index contributed by atoms with van der Waals surface area (Å²) in [4.78, 5) is 27.6. The van der Waals surface area contributed by atoms with Gasteiger partial charge >= 0.3 is 0 Å². The second-order valence-electron chi connectivity index (χ2n) is 6.17. The lowest BCUT2D eigenvalue weighted by molar-refractivity contribution is -0.126. The molecule has 0 aromatic heterocycles. The summed E-state index contributed by atoms with van der Waals surface area (Å²) in [7, 11) is 1.60. The fourth-order valence-corrected chi connectivity index (χ4v) is 3.38. The molecule has 1 saturated heterocycles. The van der Waals surface area contributed by atoms with Gasteiger partial charge in [0.25, 0.3) is 0 Å². The van der Waals surface area contributed by atoms with E-state index in [1.165, 1.54) is 4.90 Å². The predicted molar refractivity (Wildman–Crippen MR) is 104 cm³/mol. The van der Waals surface area contributed by atoms with Gasteiger partial charge in [-0.05, 0) is 48.2 Å². The molecule has 0 aliphatic carbocycles. The molecule has 1 heterocycles. The van der Waals surface area contributed by atoms with Crippen LogP contribution in [0.5, 0.6) is 5.75 Å². The van der Waals surface area contributed by atoms with Gasteiger partial charge in [0.1, 0.15) is 5.75 Å². The third-order valence-corrected chi connectivity index (χ3v) is 5.25. The fraction of sp³-hybridized carbons (Fsp3) is 0.300. The van der Waals surface area contributed by atoms with Gasteiger partial charge < -0.3 is 15.0 Å². The lowest BCUT2D eigenvalue weighted by atomic mass is 10.1. The molecule has 0 bridgehead atoms. The van der Waals surface area contributed by atoms with E-state index >= 15 is 0 Å². The summed E-state index contributed by atoms with van der Waals surface area (Å²) in [5, 5.41) is 2.94. The Morgan fingerprint density at radius 1 is 1.19 bits per heavy atom. The Balaban J connectivity index is 1.57. The molecule has 2 aromatic carbocycles. The van der Waals surface area contributed by atoms with Gasteiger partial charge in [0, 0.05) is 30.1 Å². The van der Waals surface area contributed by atoms with Crippen molar-refractivity contribution in [3.05, 3.63) is 54.1 Å². The molecule has 0 saturated carbocycles. The molecule has 1 fully saturated rings. The van der Waals surface area contributed by atoms with Crippen molar-refractivity contribution < 1.29 is 14.3 Å². The van der Waals surface area contributed by atoms with Crippen LogP contribution < -0.4 is 15.0 Å². The number of ether oxygens (including phenoxy) is 1. The third-order valence-electron chi connectivity index (χ3n) is 4.51. The van der Waals surface area contributed by atoms with E-state index in [-0.39, 0.29) is 24.2 Å². The molecule has 136 valence electrons. The van der Waals surface area contributed by atoms with Crippen LogP contribution in [0.25, 0.3) is 0 Å². The highest BCUT2D eigenvalue weighted by Gasteiger charge is 2.34. The quantitative estimate of drug-likeness (QED) is 0.794. The summed E-state index contributed by atoms with van der Waals surface area (Å²) >= 11 is 1.68. The van der Waals surface area contributed by atoms with Crippen LogP contribution in [0.1, 0.15) is 12.0 Å². The first-order chi connectivity index (χ1) is 12.6. The van der Waals surface area contributed by atoms with E-state index in [1.807, 2.05) is 54.8 Å². The van der Waals surface area contributed by atoms with Crippen molar-refractivity contribution in [1.82, 2.24) is 5.32 Å². The Hall–Kier alpha value is -2.47. The third kappa shape index (κ3) is 4.19. The molecule has 3 rings (SSSR count). The van der Waals surface area contributed by atoms with Gasteiger partial charge in [-0.25, -0.2) is 0 Å². The van der Waals surface area contributed by atoms with Crippen molar-refractivity contribution in [1.29, 1.82) is 0 Å². The highest BCUT2D eigenvalue weighted by Crippen LogP contribution is 2.27. The van der Waals surface area contributed by atoms with Crippen LogP contribution in [0.2, 0.25) is 0 Å². The number of nitrogens with zero attached hydrogens (tertiary/aromatic N) is 1. The maximum atomic E-state index is 12.5. The van der Waals surface area contributed by atoms with Crippen molar-refractivity contribution in [2.24, 2.45) is 5.92 Å². The van der Waals surface area contributed by atoms with E-state index in [4.69, 9.17) is 4.74 Å². The Kier molecular flexibility index (Phi) is 5.83. The topological polar surface area (TPSA) is 58.6 Å². The van der Waals surface area contributed by atoms with Crippen LogP contribution in [-0.4, -0.2) is 31.7 Å². The van der Waals surface area contributed by atoms with Gasteiger partial charge in [-0.2, -0.15) is 0 Å². The Bertz CT molecular complexity index is 775. The molecule has 1 aliphatic rings. The van der Waals surface area contributed by atoms with E-state index < -0.39 is 0 Å². The number of carbonyl (C=O) groups is 2. The molecule has 0 spiro atoms. The van der Waals surface area contributed by atoms with Crippen molar-refractivity contribution in [2.45, 2.75) is 17.9 Å². The van der Waals surface area contributed by atoms with Crippen molar-refractivity contribution in [2.75, 3.05) is 24.8 Å². The Morgan fingerprint density at radius 3 is 2.50 bits per heavy atom. The highest BCUT2D eigenvalue weighted by molar-refractivity contribution is 7.98. The fourth-order valence-electron chi connectivity index (χ4n) is 2.97. The standard InChI is InChI=1S/C20H22N2O3S/c1-25-17-7-5-16(6-8-17)22-13-15(11-19(22)23)20(24)21-12-14-3-9-18(26-2)10-4-14/h3-10,15H,11-13H2,1-2H3,(H,21,24)/t15-/m0/s1. The molecule has 5 nitrogen and oxygen atoms in total. The minimum atomic E-state index is -0.324. The van der Waals surface area contributed by atoms with Gasteiger partial charge in [-0.1, -0.05) is 12.1 Å². The molecular weight excluding hydrogens is 348 g/mol. The maximum Gasteiger partial charge on any atom is 0.227 e. The number of methoxy groups -OCH3 is 1. The Labute approximate surface area is 157 Å². The summed E-state index contributed by atoms with van der Waals surface area (Å²) < 4.78 is 5.14. The second kappa shape index (κ2) is 8.27. The van der Waals surface area contributed by atoms with E-state index in [0.29, 0.717) is 13.1 Å². The molecular formula is C20H22N2O3S. The number of hydrogen-bond donors (Lipinski definition) is 1. The van der Waals surface area contributed by atoms with E-state index in [1.54, 1.807) is 23.8 Å².